The molecule has 2 N–H and O–H groups in total. The first-order valence-corrected chi connectivity index (χ1v) is 6.00. The Morgan fingerprint density at radius 1 is 1.41 bits per heavy atom. The number of halogens is 1. The second-order valence-electron chi connectivity index (χ2n) is 4.36. The normalized spacial score (nSPS) is 12.7. The van der Waals surface area contributed by atoms with Crippen molar-refractivity contribution in [2.75, 3.05) is 0 Å². The minimum absolute atomic E-state index is 0.116. The van der Waals surface area contributed by atoms with E-state index in [0.717, 1.165) is 28.4 Å². The molecule has 0 bridgehead atoms. The van der Waals surface area contributed by atoms with Crippen molar-refractivity contribution in [2.24, 2.45) is 5.73 Å². The number of aromatic nitrogens is 2. The number of nitrogens with two attached hydrogens (primary N) is 1. The van der Waals surface area contributed by atoms with Gasteiger partial charge in [-0.15, -0.1) is 0 Å². The van der Waals surface area contributed by atoms with Gasteiger partial charge in [-0.05, 0) is 44.0 Å². The number of rotatable bonds is 3. The molecule has 0 aliphatic carbocycles. The number of hydrogen-bond donors (Lipinski definition) is 1. The fraction of sp³-hybridized carbons (Fsp3) is 0.308. The maximum atomic E-state index is 6.23. The average Bonchev–Trinajstić information content (AvgIpc) is 2.67. The lowest BCUT2D eigenvalue weighted by Gasteiger charge is -2.09. The highest BCUT2D eigenvalue weighted by Gasteiger charge is 2.06. The molecule has 0 saturated heterocycles. The summed E-state index contributed by atoms with van der Waals surface area (Å²) in [5, 5.41) is 5.09. The van der Waals surface area contributed by atoms with Crippen LogP contribution >= 0.6 is 11.6 Å². The summed E-state index contributed by atoms with van der Waals surface area (Å²) in [4.78, 5) is 0. The number of aryl methyl sites for hydroxylation is 1. The molecule has 17 heavy (non-hydrogen) atoms. The Kier molecular flexibility index (Phi) is 3.50. The Labute approximate surface area is 106 Å². The zero-order valence-electron chi connectivity index (χ0n) is 10.0. The van der Waals surface area contributed by atoms with E-state index >= 15 is 0 Å². The van der Waals surface area contributed by atoms with E-state index in [4.69, 9.17) is 17.3 Å². The van der Waals surface area contributed by atoms with Crippen LogP contribution in [0.3, 0.4) is 0 Å². The summed E-state index contributed by atoms with van der Waals surface area (Å²) < 4.78 is 1.82. The molecule has 1 atom stereocenters. The van der Waals surface area contributed by atoms with Gasteiger partial charge in [0.15, 0.2) is 0 Å². The Morgan fingerprint density at radius 2 is 2.18 bits per heavy atom. The number of benzene rings is 1. The van der Waals surface area contributed by atoms with Crippen molar-refractivity contribution in [2.45, 2.75) is 26.3 Å². The Morgan fingerprint density at radius 3 is 2.71 bits per heavy atom. The van der Waals surface area contributed by atoms with Crippen LogP contribution in [0.1, 0.15) is 18.2 Å². The summed E-state index contributed by atoms with van der Waals surface area (Å²) in [5.74, 6) is 0. The molecule has 0 spiro atoms. The maximum Gasteiger partial charge on any atom is 0.0660 e. The van der Waals surface area contributed by atoms with Crippen molar-refractivity contribution in [1.29, 1.82) is 0 Å². The lowest BCUT2D eigenvalue weighted by atomic mass is 10.1. The van der Waals surface area contributed by atoms with Gasteiger partial charge in [-0.25, -0.2) is 4.68 Å². The first-order valence-electron chi connectivity index (χ1n) is 5.63. The Balaban J connectivity index is 2.30. The van der Waals surface area contributed by atoms with Gasteiger partial charge in [0.2, 0.25) is 0 Å². The molecule has 0 fully saturated rings. The highest BCUT2D eigenvalue weighted by atomic mass is 35.5. The second kappa shape index (κ2) is 4.90. The van der Waals surface area contributed by atoms with Gasteiger partial charge >= 0.3 is 0 Å². The van der Waals surface area contributed by atoms with Crippen LogP contribution in [0.2, 0.25) is 5.02 Å². The zero-order valence-corrected chi connectivity index (χ0v) is 10.8. The molecule has 0 amide bonds. The van der Waals surface area contributed by atoms with Crippen molar-refractivity contribution in [1.82, 2.24) is 9.78 Å². The summed E-state index contributed by atoms with van der Waals surface area (Å²) >= 11 is 6.23. The summed E-state index contributed by atoms with van der Waals surface area (Å²) in [6.45, 7) is 3.93. The van der Waals surface area contributed by atoms with Crippen molar-refractivity contribution in [3.05, 3.63) is 46.7 Å². The SMILES string of the molecule is Cc1ccn(-c2ccc(CC(C)N)c(Cl)c2)n1. The Bertz CT molecular complexity index is 517. The van der Waals surface area contributed by atoms with Gasteiger partial charge in [0, 0.05) is 17.3 Å². The van der Waals surface area contributed by atoms with E-state index in [0.29, 0.717) is 0 Å². The smallest absolute Gasteiger partial charge is 0.0660 e. The van der Waals surface area contributed by atoms with Gasteiger partial charge in [-0.2, -0.15) is 5.10 Å². The van der Waals surface area contributed by atoms with Crippen molar-refractivity contribution >= 4 is 11.6 Å². The number of nitrogens with zero attached hydrogens (tertiary/aromatic N) is 2. The van der Waals surface area contributed by atoms with Gasteiger partial charge in [0.1, 0.15) is 0 Å². The lowest BCUT2D eigenvalue weighted by molar-refractivity contribution is 0.737. The molecule has 1 aromatic carbocycles. The molecule has 2 rings (SSSR count). The zero-order chi connectivity index (χ0) is 12.4. The van der Waals surface area contributed by atoms with Crippen LogP contribution in [0, 0.1) is 6.92 Å². The van der Waals surface area contributed by atoms with Crippen LogP contribution < -0.4 is 5.73 Å². The van der Waals surface area contributed by atoms with Crippen molar-refractivity contribution < 1.29 is 0 Å². The van der Waals surface area contributed by atoms with Gasteiger partial charge in [0.25, 0.3) is 0 Å². The third-order valence-corrected chi connectivity index (χ3v) is 2.92. The third-order valence-electron chi connectivity index (χ3n) is 2.57. The largest absolute Gasteiger partial charge is 0.328 e. The predicted octanol–water partition coefficient (Wildman–Crippen LogP) is 2.72. The molecule has 4 heteroatoms. The molecule has 2 aromatic rings. The topological polar surface area (TPSA) is 43.8 Å². The Hall–Kier alpha value is -1.32. The fourth-order valence-electron chi connectivity index (χ4n) is 1.75. The fourth-order valence-corrected chi connectivity index (χ4v) is 2.00. The first-order chi connectivity index (χ1) is 8.06. The second-order valence-corrected chi connectivity index (χ2v) is 4.77. The quantitative estimate of drug-likeness (QED) is 0.909. The summed E-state index contributed by atoms with van der Waals surface area (Å²) in [6, 6.07) is 8.02. The van der Waals surface area contributed by atoms with E-state index in [1.807, 2.05) is 49.0 Å². The highest BCUT2D eigenvalue weighted by Crippen LogP contribution is 2.21. The van der Waals surface area contributed by atoms with Crippen molar-refractivity contribution in [3.63, 3.8) is 0 Å². The monoisotopic (exact) mass is 249 g/mol. The van der Waals surface area contributed by atoms with Crippen molar-refractivity contribution in [3.8, 4) is 5.69 Å². The first kappa shape index (κ1) is 12.1. The standard InChI is InChI=1S/C13H16ClN3/c1-9(15)7-11-3-4-12(8-13(11)14)17-6-5-10(2)16-17/h3-6,8-9H,7,15H2,1-2H3. The molecule has 90 valence electrons. The van der Waals surface area contributed by atoms with Crippen LogP contribution in [0.25, 0.3) is 5.69 Å². The molecular formula is C13H16ClN3. The van der Waals surface area contributed by atoms with E-state index in [-0.39, 0.29) is 6.04 Å². The summed E-state index contributed by atoms with van der Waals surface area (Å²) in [6.07, 6.45) is 2.71. The molecule has 0 saturated carbocycles. The van der Waals surface area contributed by atoms with Crippen LogP contribution in [-0.2, 0) is 6.42 Å². The lowest BCUT2D eigenvalue weighted by Crippen LogP contribution is -2.18. The van der Waals surface area contributed by atoms with Crippen LogP contribution in [0.15, 0.2) is 30.5 Å². The van der Waals surface area contributed by atoms with E-state index in [1.54, 1.807) is 0 Å². The van der Waals surface area contributed by atoms with Crippen LogP contribution in [0.4, 0.5) is 0 Å². The van der Waals surface area contributed by atoms with E-state index in [9.17, 15) is 0 Å². The maximum absolute atomic E-state index is 6.23. The molecule has 0 aliphatic rings. The van der Waals surface area contributed by atoms with Gasteiger partial charge in [-0.3, -0.25) is 0 Å². The summed E-state index contributed by atoms with van der Waals surface area (Å²) in [5.41, 5.74) is 8.80. The third kappa shape index (κ3) is 2.87. The van der Waals surface area contributed by atoms with E-state index in [1.165, 1.54) is 0 Å². The minimum atomic E-state index is 0.116. The molecule has 1 unspecified atom stereocenters. The van der Waals surface area contributed by atoms with Gasteiger partial charge in [-0.1, -0.05) is 17.7 Å². The molecular weight excluding hydrogens is 234 g/mol. The van der Waals surface area contributed by atoms with Crippen LogP contribution in [-0.4, -0.2) is 15.8 Å². The predicted molar refractivity (Wildman–Crippen MR) is 70.7 cm³/mol. The highest BCUT2D eigenvalue weighted by molar-refractivity contribution is 6.31. The molecule has 1 heterocycles. The summed E-state index contributed by atoms with van der Waals surface area (Å²) in [7, 11) is 0. The number of hydrogen-bond acceptors (Lipinski definition) is 2. The van der Waals surface area contributed by atoms with E-state index in [2.05, 4.69) is 5.10 Å². The van der Waals surface area contributed by atoms with Gasteiger partial charge in [0.05, 0.1) is 11.4 Å². The van der Waals surface area contributed by atoms with Crippen LogP contribution in [0.5, 0.6) is 0 Å². The molecule has 0 radical (unpaired) electrons. The average molecular weight is 250 g/mol. The molecule has 1 aromatic heterocycles. The molecule has 0 aliphatic heterocycles. The van der Waals surface area contributed by atoms with E-state index < -0.39 is 0 Å². The molecule has 3 nitrogen and oxygen atoms in total. The van der Waals surface area contributed by atoms with Gasteiger partial charge < -0.3 is 5.73 Å². The minimum Gasteiger partial charge on any atom is -0.328 e.